The van der Waals surface area contributed by atoms with Crippen LogP contribution in [-0.4, -0.2) is 26.9 Å². The average Bonchev–Trinajstić information content (AvgIpc) is 2.61. The Bertz CT molecular complexity index is 466. The van der Waals surface area contributed by atoms with E-state index in [0.29, 0.717) is 5.82 Å². The van der Waals surface area contributed by atoms with Gasteiger partial charge in [0.2, 0.25) is 5.95 Å². The fourth-order valence-corrected chi connectivity index (χ4v) is 1.29. The van der Waals surface area contributed by atoms with Crippen LogP contribution in [0.4, 0.5) is 5.95 Å². The van der Waals surface area contributed by atoms with Crippen LogP contribution in [0.3, 0.4) is 0 Å². The van der Waals surface area contributed by atoms with Gasteiger partial charge in [0.15, 0.2) is 5.82 Å². The van der Waals surface area contributed by atoms with Crippen molar-refractivity contribution in [3.63, 3.8) is 0 Å². The van der Waals surface area contributed by atoms with E-state index in [4.69, 9.17) is 10.5 Å². The zero-order valence-corrected chi connectivity index (χ0v) is 9.47. The van der Waals surface area contributed by atoms with Crippen molar-refractivity contribution >= 4 is 21.9 Å². The summed E-state index contributed by atoms with van der Waals surface area (Å²) in [4.78, 5) is 8.02. The minimum absolute atomic E-state index is 0.220. The number of rotatable bonds is 2. The number of nitrogens with two attached hydrogens (primary N) is 1. The van der Waals surface area contributed by atoms with E-state index in [1.165, 1.54) is 11.8 Å². The quantitative estimate of drug-likeness (QED) is 0.881. The second kappa shape index (κ2) is 3.85. The van der Waals surface area contributed by atoms with Crippen molar-refractivity contribution in [2.24, 2.45) is 0 Å². The van der Waals surface area contributed by atoms with Gasteiger partial charge in [-0.25, -0.2) is 4.98 Å². The predicted molar refractivity (Wildman–Crippen MR) is 57.8 cm³/mol. The van der Waals surface area contributed by atoms with Crippen LogP contribution in [-0.2, 0) is 0 Å². The minimum atomic E-state index is 0.220. The first-order chi connectivity index (χ1) is 7.20. The van der Waals surface area contributed by atoms with Gasteiger partial charge in [-0.15, -0.1) is 5.10 Å². The number of halogens is 1. The topological polar surface area (TPSA) is 78.9 Å². The summed E-state index contributed by atoms with van der Waals surface area (Å²) < 4.78 is 7.15. The molecule has 78 valence electrons. The summed E-state index contributed by atoms with van der Waals surface area (Å²) >= 11 is 3.29. The van der Waals surface area contributed by atoms with Crippen molar-refractivity contribution < 1.29 is 4.74 Å². The van der Waals surface area contributed by atoms with Gasteiger partial charge in [-0.3, -0.25) is 0 Å². The monoisotopic (exact) mass is 269 g/mol. The lowest BCUT2D eigenvalue weighted by atomic mass is 10.5. The number of pyridine rings is 1. The molecule has 2 heterocycles. The molecule has 0 radical (unpaired) electrons. The first-order valence-corrected chi connectivity index (χ1v) is 4.88. The number of methoxy groups -OCH3 is 1. The molecule has 0 aliphatic rings. The average molecular weight is 270 g/mol. The first-order valence-electron chi connectivity index (χ1n) is 4.09. The predicted octanol–water partition coefficient (Wildman–Crippen LogP) is 1.02. The highest BCUT2D eigenvalue weighted by molar-refractivity contribution is 9.10. The van der Waals surface area contributed by atoms with Crippen LogP contribution in [0.15, 0.2) is 22.8 Å². The molecule has 15 heavy (non-hydrogen) atoms. The van der Waals surface area contributed by atoms with E-state index < -0.39 is 0 Å². The Morgan fingerprint density at radius 3 is 2.80 bits per heavy atom. The summed E-state index contributed by atoms with van der Waals surface area (Å²) in [6, 6.07) is 3.84. The van der Waals surface area contributed by atoms with E-state index in [0.717, 1.165) is 4.47 Å². The number of hydrogen-bond donors (Lipinski definition) is 1. The van der Waals surface area contributed by atoms with Gasteiger partial charge >= 0.3 is 6.01 Å². The number of anilines is 1. The third kappa shape index (κ3) is 1.91. The Hall–Kier alpha value is -1.63. The summed E-state index contributed by atoms with van der Waals surface area (Å²) in [6.45, 7) is 0. The molecule has 0 aliphatic heterocycles. The van der Waals surface area contributed by atoms with Crippen molar-refractivity contribution in [2.45, 2.75) is 0 Å². The van der Waals surface area contributed by atoms with Crippen LogP contribution in [0.25, 0.3) is 5.82 Å². The standard InChI is InChI=1S/C8H8BrN5O/c1-15-8-12-7(10)14(13-8)6-3-2-5(9)4-11-6/h2-4H,1H3,(H2,10,12,13). The van der Waals surface area contributed by atoms with Crippen LogP contribution < -0.4 is 10.5 Å². The molecular formula is C8H8BrN5O. The SMILES string of the molecule is COc1nc(N)n(-c2ccc(Br)cn2)n1. The summed E-state index contributed by atoms with van der Waals surface area (Å²) in [5.74, 6) is 0.827. The zero-order chi connectivity index (χ0) is 10.8. The molecule has 0 atom stereocenters. The van der Waals surface area contributed by atoms with Crippen LogP contribution in [0.1, 0.15) is 0 Å². The van der Waals surface area contributed by atoms with E-state index in [1.807, 2.05) is 6.07 Å². The first kappa shape index (κ1) is 9.91. The molecule has 2 rings (SSSR count). The second-order valence-corrected chi connectivity index (χ2v) is 3.62. The van der Waals surface area contributed by atoms with E-state index in [1.54, 1.807) is 12.3 Å². The Morgan fingerprint density at radius 1 is 1.47 bits per heavy atom. The molecule has 2 N–H and O–H groups in total. The van der Waals surface area contributed by atoms with Crippen LogP contribution in [0.5, 0.6) is 6.01 Å². The number of nitrogen functional groups attached to an aromatic ring is 1. The number of nitrogens with zero attached hydrogens (tertiary/aromatic N) is 4. The summed E-state index contributed by atoms with van der Waals surface area (Å²) in [5, 5.41) is 4.01. The molecule has 6 nitrogen and oxygen atoms in total. The van der Waals surface area contributed by atoms with Gasteiger partial charge in [0.1, 0.15) is 0 Å². The number of aromatic nitrogens is 4. The maximum absolute atomic E-state index is 5.64. The van der Waals surface area contributed by atoms with E-state index in [-0.39, 0.29) is 12.0 Å². The molecule has 0 fully saturated rings. The normalized spacial score (nSPS) is 10.3. The molecule has 2 aromatic rings. The van der Waals surface area contributed by atoms with E-state index in [2.05, 4.69) is 31.0 Å². The number of ether oxygens (including phenoxy) is 1. The minimum Gasteiger partial charge on any atom is -0.466 e. The molecule has 0 aliphatic carbocycles. The fraction of sp³-hybridized carbons (Fsp3) is 0.125. The van der Waals surface area contributed by atoms with Gasteiger partial charge < -0.3 is 10.5 Å². The Kier molecular flexibility index (Phi) is 2.55. The molecule has 0 amide bonds. The van der Waals surface area contributed by atoms with Crippen molar-refractivity contribution in [1.29, 1.82) is 0 Å². The van der Waals surface area contributed by atoms with Crippen LogP contribution in [0.2, 0.25) is 0 Å². The number of hydrogen-bond acceptors (Lipinski definition) is 5. The lowest BCUT2D eigenvalue weighted by molar-refractivity contribution is 0.379. The third-order valence-corrected chi connectivity index (χ3v) is 2.19. The van der Waals surface area contributed by atoms with Gasteiger partial charge in [0, 0.05) is 10.7 Å². The largest absolute Gasteiger partial charge is 0.466 e. The highest BCUT2D eigenvalue weighted by Crippen LogP contribution is 2.14. The molecule has 0 unspecified atom stereocenters. The van der Waals surface area contributed by atoms with Crippen molar-refractivity contribution in [3.8, 4) is 11.8 Å². The maximum Gasteiger partial charge on any atom is 0.337 e. The van der Waals surface area contributed by atoms with Gasteiger partial charge in [0.05, 0.1) is 7.11 Å². The highest BCUT2D eigenvalue weighted by Gasteiger charge is 2.09. The molecule has 0 spiro atoms. The molecule has 0 saturated carbocycles. The lowest BCUT2D eigenvalue weighted by Gasteiger charge is -1.99. The van der Waals surface area contributed by atoms with Gasteiger partial charge in [-0.2, -0.15) is 9.67 Å². The summed E-state index contributed by atoms with van der Waals surface area (Å²) in [6.07, 6.45) is 1.66. The van der Waals surface area contributed by atoms with Crippen LogP contribution >= 0.6 is 15.9 Å². The van der Waals surface area contributed by atoms with Crippen molar-refractivity contribution in [1.82, 2.24) is 19.7 Å². The lowest BCUT2D eigenvalue weighted by Crippen LogP contribution is -2.04. The highest BCUT2D eigenvalue weighted by atomic mass is 79.9. The van der Waals surface area contributed by atoms with Gasteiger partial charge in [0.25, 0.3) is 0 Å². The molecule has 7 heteroatoms. The Labute approximate surface area is 94.2 Å². The summed E-state index contributed by atoms with van der Waals surface area (Å²) in [5.41, 5.74) is 5.64. The van der Waals surface area contributed by atoms with Crippen molar-refractivity contribution in [3.05, 3.63) is 22.8 Å². The maximum atomic E-state index is 5.64. The van der Waals surface area contributed by atoms with E-state index >= 15 is 0 Å². The smallest absolute Gasteiger partial charge is 0.337 e. The molecule has 0 bridgehead atoms. The van der Waals surface area contributed by atoms with E-state index in [9.17, 15) is 0 Å². The summed E-state index contributed by atoms with van der Waals surface area (Å²) in [7, 11) is 1.48. The third-order valence-electron chi connectivity index (χ3n) is 1.72. The second-order valence-electron chi connectivity index (χ2n) is 2.70. The Balaban J connectivity index is 2.44. The molecule has 0 saturated heterocycles. The van der Waals surface area contributed by atoms with Gasteiger partial charge in [-0.05, 0) is 28.1 Å². The molecular weight excluding hydrogens is 262 g/mol. The van der Waals surface area contributed by atoms with Crippen LogP contribution in [0, 0.1) is 0 Å². The van der Waals surface area contributed by atoms with Gasteiger partial charge in [-0.1, -0.05) is 0 Å². The molecule has 2 aromatic heterocycles. The zero-order valence-electron chi connectivity index (χ0n) is 7.88. The fourth-order valence-electron chi connectivity index (χ4n) is 1.05. The Morgan fingerprint density at radius 2 is 2.27 bits per heavy atom. The molecule has 0 aromatic carbocycles. The van der Waals surface area contributed by atoms with Crippen molar-refractivity contribution in [2.75, 3.05) is 12.8 Å².